The molecule has 4 heteroatoms. The lowest BCUT2D eigenvalue weighted by molar-refractivity contribution is -0.121. The van der Waals surface area contributed by atoms with Crippen LogP contribution in [0.4, 0.5) is 0 Å². The van der Waals surface area contributed by atoms with Crippen LogP contribution in [0.5, 0.6) is 0 Å². The fourth-order valence-corrected chi connectivity index (χ4v) is 2.51. The molecule has 1 aliphatic rings. The van der Waals surface area contributed by atoms with Gasteiger partial charge in [-0.3, -0.25) is 4.79 Å². The molecule has 1 fully saturated rings. The summed E-state index contributed by atoms with van der Waals surface area (Å²) in [5.41, 5.74) is 8.88. The first-order chi connectivity index (χ1) is 6.75. The monoisotopic (exact) mass is 210 g/mol. The molecule has 1 aliphatic carbocycles. The fourth-order valence-electron chi connectivity index (χ4n) is 1.94. The van der Waals surface area contributed by atoms with E-state index in [9.17, 15) is 4.79 Å². The molecule has 2 unspecified atom stereocenters. The van der Waals surface area contributed by atoms with Gasteiger partial charge in [-0.2, -0.15) is 0 Å². The van der Waals surface area contributed by atoms with Gasteiger partial charge >= 0.3 is 0 Å². The second-order valence-electron chi connectivity index (χ2n) is 3.89. The van der Waals surface area contributed by atoms with E-state index in [4.69, 9.17) is 5.73 Å². The highest BCUT2D eigenvalue weighted by Crippen LogP contribution is 2.24. The Morgan fingerprint density at radius 3 is 3.21 bits per heavy atom. The van der Waals surface area contributed by atoms with Gasteiger partial charge in [0.15, 0.2) is 0 Å². The van der Waals surface area contributed by atoms with Gasteiger partial charge in [0.2, 0.25) is 0 Å². The van der Waals surface area contributed by atoms with E-state index in [-0.39, 0.29) is 6.04 Å². The van der Waals surface area contributed by atoms with Crippen molar-refractivity contribution in [2.24, 2.45) is 11.7 Å². The van der Waals surface area contributed by atoms with E-state index < -0.39 is 0 Å². The van der Waals surface area contributed by atoms with Crippen molar-refractivity contribution >= 4 is 17.1 Å². The van der Waals surface area contributed by atoms with Crippen LogP contribution in [0.2, 0.25) is 0 Å². The Kier molecular flexibility index (Phi) is 2.93. The zero-order chi connectivity index (χ0) is 9.97. The van der Waals surface area contributed by atoms with Gasteiger partial charge in [-0.05, 0) is 18.8 Å². The van der Waals surface area contributed by atoms with E-state index in [0.717, 1.165) is 18.5 Å². The molecule has 14 heavy (non-hydrogen) atoms. The molecule has 2 rings (SSSR count). The topological polar surface area (TPSA) is 56.0 Å². The van der Waals surface area contributed by atoms with Crippen LogP contribution in [0, 0.1) is 5.92 Å². The molecule has 0 aliphatic heterocycles. The Morgan fingerprint density at radius 1 is 1.64 bits per heavy atom. The Hall–Kier alpha value is -0.740. The minimum absolute atomic E-state index is 0.175. The van der Waals surface area contributed by atoms with Gasteiger partial charge in [0, 0.05) is 24.3 Å². The number of hydrogen-bond donors (Lipinski definition) is 1. The minimum Gasteiger partial charge on any atom is -0.327 e. The molecule has 76 valence electrons. The first-order valence-electron chi connectivity index (χ1n) is 4.90. The van der Waals surface area contributed by atoms with Crippen LogP contribution < -0.4 is 5.73 Å². The van der Waals surface area contributed by atoms with Gasteiger partial charge in [0.1, 0.15) is 5.78 Å². The normalized spacial score (nSPS) is 27.9. The van der Waals surface area contributed by atoms with E-state index in [1.165, 1.54) is 0 Å². The number of Topliss-reactive ketones (excluding diaryl/α,β-unsaturated/α-hetero) is 1. The number of thiazole rings is 1. The standard InChI is InChI=1S/C10H14N2OS/c11-10-2-1-9(13)4-7(10)3-8-5-14-6-12-8/h5-7,10H,1-4,11H2. The van der Waals surface area contributed by atoms with Crippen molar-refractivity contribution in [2.45, 2.75) is 31.7 Å². The fraction of sp³-hybridized carbons (Fsp3) is 0.600. The van der Waals surface area contributed by atoms with Gasteiger partial charge in [-0.1, -0.05) is 0 Å². The second-order valence-corrected chi connectivity index (χ2v) is 4.61. The SMILES string of the molecule is NC1CCC(=O)CC1Cc1cscn1. The minimum atomic E-state index is 0.175. The highest BCUT2D eigenvalue weighted by molar-refractivity contribution is 7.07. The maximum atomic E-state index is 11.3. The number of ketones is 1. The van der Waals surface area contributed by atoms with Crippen LogP contribution in [0.15, 0.2) is 10.9 Å². The highest BCUT2D eigenvalue weighted by atomic mass is 32.1. The molecule has 2 atom stereocenters. The number of carbonyl (C=O) groups excluding carboxylic acids is 1. The van der Waals surface area contributed by atoms with Crippen molar-refractivity contribution in [3.63, 3.8) is 0 Å². The zero-order valence-corrected chi connectivity index (χ0v) is 8.80. The first kappa shape index (κ1) is 9.80. The lowest BCUT2D eigenvalue weighted by Crippen LogP contribution is -2.37. The predicted octanol–water partition coefficient (Wildman–Crippen LogP) is 1.38. The molecule has 0 spiro atoms. The third-order valence-corrected chi connectivity index (χ3v) is 3.44. The number of aromatic nitrogens is 1. The summed E-state index contributed by atoms with van der Waals surface area (Å²) < 4.78 is 0. The summed E-state index contributed by atoms with van der Waals surface area (Å²) in [7, 11) is 0. The maximum absolute atomic E-state index is 11.3. The summed E-state index contributed by atoms with van der Waals surface area (Å²) in [4.78, 5) is 15.5. The van der Waals surface area contributed by atoms with Gasteiger partial charge < -0.3 is 5.73 Å². The third-order valence-electron chi connectivity index (χ3n) is 2.81. The van der Waals surface area contributed by atoms with Gasteiger partial charge in [0.05, 0.1) is 11.2 Å². The Labute approximate surface area is 87.3 Å². The van der Waals surface area contributed by atoms with Crippen LogP contribution in [0.1, 0.15) is 25.0 Å². The Balaban J connectivity index is 1.99. The molecule has 1 aromatic heterocycles. The summed E-state index contributed by atoms with van der Waals surface area (Å²) in [5.74, 6) is 0.658. The average Bonchev–Trinajstić information content (AvgIpc) is 2.64. The molecule has 0 aromatic carbocycles. The van der Waals surface area contributed by atoms with Crippen molar-refractivity contribution in [2.75, 3.05) is 0 Å². The lowest BCUT2D eigenvalue weighted by Gasteiger charge is -2.26. The molecule has 1 heterocycles. The van der Waals surface area contributed by atoms with E-state index in [2.05, 4.69) is 4.98 Å². The average molecular weight is 210 g/mol. The quantitative estimate of drug-likeness (QED) is 0.802. The van der Waals surface area contributed by atoms with Crippen LogP contribution in [0.25, 0.3) is 0 Å². The van der Waals surface area contributed by atoms with Crippen molar-refractivity contribution in [1.29, 1.82) is 0 Å². The molecule has 0 bridgehead atoms. The molecule has 2 N–H and O–H groups in total. The Bertz CT molecular complexity index is 310. The number of hydrogen-bond acceptors (Lipinski definition) is 4. The predicted molar refractivity (Wildman–Crippen MR) is 56.1 cm³/mol. The second kappa shape index (κ2) is 4.19. The smallest absolute Gasteiger partial charge is 0.133 e. The number of rotatable bonds is 2. The molecular weight excluding hydrogens is 196 g/mol. The van der Waals surface area contributed by atoms with Gasteiger partial charge in [0.25, 0.3) is 0 Å². The van der Waals surface area contributed by atoms with Crippen molar-refractivity contribution in [3.05, 3.63) is 16.6 Å². The van der Waals surface area contributed by atoms with Gasteiger partial charge in [-0.15, -0.1) is 11.3 Å². The highest BCUT2D eigenvalue weighted by Gasteiger charge is 2.26. The Morgan fingerprint density at radius 2 is 2.50 bits per heavy atom. The summed E-state index contributed by atoms with van der Waals surface area (Å²) in [5, 5.41) is 2.03. The third kappa shape index (κ3) is 2.19. The molecule has 1 saturated carbocycles. The first-order valence-corrected chi connectivity index (χ1v) is 5.84. The van der Waals surface area contributed by atoms with Crippen LogP contribution in [0.3, 0.4) is 0 Å². The summed E-state index contributed by atoms with van der Waals surface area (Å²) in [6.07, 6.45) is 3.00. The van der Waals surface area contributed by atoms with Crippen LogP contribution in [-0.2, 0) is 11.2 Å². The maximum Gasteiger partial charge on any atom is 0.133 e. The van der Waals surface area contributed by atoms with Crippen LogP contribution >= 0.6 is 11.3 Å². The van der Waals surface area contributed by atoms with E-state index in [1.807, 2.05) is 10.9 Å². The van der Waals surface area contributed by atoms with Crippen LogP contribution in [-0.4, -0.2) is 16.8 Å². The molecule has 0 amide bonds. The van der Waals surface area contributed by atoms with Crippen molar-refractivity contribution in [3.8, 4) is 0 Å². The molecule has 0 saturated heterocycles. The van der Waals surface area contributed by atoms with E-state index in [1.54, 1.807) is 11.3 Å². The largest absolute Gasteiger partial charge is 0.327 e. The van der Waals surface area contributed by atoms with Crippen molar-refractivity contribution in [1.82, 2.24) is 4.98 Å². The summed E-state index contributed by atoms with van der Waals surface area (Å²) in [6.45, 7) is 0. The van der Waals surface area contributed by atoms with E-state index in [0.29, 0.717) is 24.5 Å². The number of carbonyl (C=O) groups is 1. The van der Waals surface area contributed by atoms with E-state index >= 15 is 0 Å². The lowest BCUT2D eigenvalue weighted by atomic mass is 9.82. The zero-order valence-electron chi connectivity index (χ0n) is 7.98. The molecular formula is C10H14N2OS. The molecule has 3 nitrogen and oxygen atoms in total. The summed E-state index contributed by atoms with van der Waals surface area (Å²) >= 11 is 1.59. The summed E-state index contributed by atoms with van der Waals surface area (Å²) in [6, 6.07) is 0.175. The number of nitrogens with two attached hydrogens (primary N) is 1. The number of nitrogens with zero attached hydrogens (tertiary/aromatic N) is 1. The van der Waals surface area contributed by atoms with Crippen molar-refractivity contribution < 1.29 is 4.79 Å². The molecule has 1 aromatic rings. The molecule has 0 radical (unpaired) electrons. The van der Waals surface area contributed by atoms with Gasteiger partial charge in [-0.25, -0.2) is 4.98 Å².